The van der Waals surface area contributed by atoms with Gasteiger partial charge >= 0.3 is 0 Å². The van der Waals surface area contributed by atoms with Gasteiger partial charge < -0.3 is 26.3 Å². The molecule has 0 bridgehead atoms. The summed E-state index contributed by atoms with van der Waals surface area (Å²) >= 11 is 12.3. The summed E-state index contributed by atoms with van der Waals surface area (Å²) in [6.45, 7) is 0.104. The van der Waals surface area contributed by atoms with Gasteiger partial charge in [-0.05, 0) is 18.2 Å². The summed E-state index contributed by atoms with van der Waals surface area (Å²) < 4.78 is 11.7. The van der Waals surface area contributed by atoms with Crippen molar-refractivity contribution in [2.24, 2.45) is 4.99 Å². The topological polar surface area (TPSA) is 167 Å². The number of benzene rings is 2. The molecule has 10 nitrogen and oxygen atoms in total. The van der Waals surface area contributed by atoms with Crippen LogP contribution < -0.4 is 31.6 Å². The lowest BCUT2D eigenvalue weighted by molar-refractivity contribution is 0.280. The SMILES string of the molecule is COc1cccc(C2N=C(NC#N)Nc3nc(N)c(C#N)c(N)c32)c1OCc1ccc(Cl)cc1Cl. The highest BCUT2D eigenvalue weighted by Gasteiger charge is 2.32. The third-order valence-corrected chi connectivity index (χ3v) is 5.86. The van der Waals surface area contributed by atoms with Crippen molar-refractivity contribution in [3.05, 3.63) is 68.7 Å². The minimum absolute atomic E-state index is 0.0285. The molecule has 1 atom stereocenters. The van der Waals surface area contributed by atoms with E-state index in [0.29, 0.717) is 38.2 Å². The van der Waals surface area contributed by atoms with Crippen LogP contribution >= 0.6 is 23.2 Å². The van der Waals surface area contributed by atoms with E-state index in [-0.39, 0.29) is 35.5 Å². The van der Waals surface area contributed by atoms with E-state index < -0.39 is 6.04 Å². The smallest absolute Gasteiger partial charge is 0.211 e. The monoisotopic (exact) mass is 508 g/mol. The zero-order chi connectivity index (χ0) is 25.1. The van der Waals surface area contributed by atoms with Gasteiger partial charge in [0.1, 0.15) is 35.9 Å². The van der Waals surface area contributed by atoms with Crippen LogP contribution in [0, 0.1) is 22.8 Å². The molecule has 0 amide bonds. The third-order valence-electron chi connectivity index (χ3n) is 5.27. The summed E-state index contributed by atoms with van der Waals surface area (Å²) in [4.78, 5) is 8.86. The maximum atomic E-state index is 9.56. The van der Waals surface area contributed by atoms with Crippen LogP contribution in [-0.2, 0) is 6.61 Å². The average Bonchev–Trinajstić information content (AvgIpc) is 2.83. The Morgan fingerprint density at radius 2 is 2.00 bits per heavy atom. The quantitative estimate of drug-likeness (QED) is 0.294. The second kappa shape index (κ2) is 9.85. The molecule has 6 N–H and O–H groups in total. The van der Waals surface area contributed by atoms with E-state index in [1.54, 1.807) is 36.4 Å². The molecule has 35 heavy (non-hydrogen) atoms. The molecule has 3 aromatic rings. The summed E-state index contributed by atoms with van der Waals surface area (Å²) in [5.41, 5.74) is 14.1. The van der Waals surface area contributed by atoms with Gasteiger partial charge in [-0.2, -0.15) is 10.5 Å². The Bertz CT molecular complexity index is 1430. The molecule has 0 spiro atoms. The van der Waals surface area contributed by atoms with Crippen LogP contribution in [-0.4, -0.2) is 18.1 Å². The van der Waals surface area contributed by atoms with Crippen molar-refractivity contribution in [3.8, 4) is 23.8 Å². The summed E-state index contributed by atoms with van der Waals surface area (Å²) in [5.74, 6) is 1.13. The predicted octanol–water partition coefficient (Wildman–Crippen LogP) is 3.95. The number of nitrogens with one attached hydrogen (secondary N) is 2. The van der Waals surface area contributed by atoms with Crippen molar-refractivity contribution in [1.82, 2.24) is 10.3 Å². The first kappa shape index (κ1) is 23.8. The van der Waals surface area contributed by atoms with E-state index in [9.17, 15) is 5.26 Å². The Morgan fingerprint density at radius 1 is 1.20 bits per heavy atom. The minimum atomic E-state index is -0.812. The van der Waals surface area contributed by atoms with Crippen molar-refractivity contribution in [2.75, 3.05) is 23.9 Å². The Morgan fingerprint density at radius 3 is 2.69 bits per heavy atom. The second-order valence-electron chi connectivity index (χ2n) is 7.30. The molecule has 0 saturated heterocycles. The normalized spacial score (nSPS) is 14.0. The number of nitrogens with zero attached hydrogens (tertiary/aromatic N) is 4. The summed E-state index contributed by atoms with van der Waals surface area (Å²) in [7, 11) is 1.51. The second-order valence-corrected chi connectivity index (χ2v) is 8.15. The number of halogens is 2. The number of aromatic nitrogens is 1. The molecule has 0 aliphatic carbocycles. The van der Waals surface area contributed by atoms with Gasteiger partial charge in [-0.25, -0.2) is 9.98 Å². The molecule has 0 radical (unpaired) electrons. The van der Waals surface area contributed by atoms with Crippen molar-refractivity contribution >= 4 is 46.5 Å². The zero-order valence-electron chi connectivity index (χ0n) is 18.3. The summed E-state index contributed by atoms with van der Waals surface area (Å²) in [6, 6.07) is 11.5. The van der Waals surface area contributed by atoms with Crippen LogP contribution in [0.3, 0.4) is 0 Å². The zero-order valence-corrected chi connectivity index (χ0v) is 19.8. The molecule has 2 aromatic carbocycles. The number of nitriles is 2. The first-order chi connectivity index (χ1) is 16.9. The van der Waals surface area contributed by atoms with Crippen molar-refractivity contribution in [3.63, 3.8) is 0 Å². The van der Waals surface area contributed by atoms with Gasteiger partial charge in [0.2, 0.25) is 5.96 Å². The molecular weight excluding hydrogens is 491 g/mol. The maximum Gasteiger partial charge on any atom is 0.211 e. The number of anilines is 3. The molecule has 176 valence electrons. The van der Waals surface area contributed by atoms with Crippen LogP contribution in [0.1, 0.15) is 28.3 Å². The minimum Gasteiger partial charge on any atom is -0.493 e. The first-order valence-electron chi connectivity index (χ1n) is 10.1. The van der Waals surface area contributed by atoms with Gasteiger partial charge in [0.05, 0.1) is 12.8 Å². The fourth-order valence-corrected chi connectivity index (χ4v) is 4.12. The molecule has 1 aliphatic heterocycles. The Labute approximate surface area is 210 Å². The number of fused-ring (bicyclic) bond motifs is 1. The number of pyridine rings is 1. The highest BCUT2D eigenvalue weighted by Crippen LogP contribution is 2.46. The molecule has 12 heteroatoms. The molecule has 1 aliphatic rings. The highest BCUT2D eigenvalue weighted by molar-refractivity contribution is 6.35. The number of guanidine groups is 1. The van der Waals surface area contributed by atoms with E-state index in [1.165, 1.54) is 7.11 Å². The number of nitrogens with two attached hydrogens (primary N) is 2. The fourth-order valence-electron chi connectivity index (χ4n) is 3.66. The van der Waals surface area contributed by atoms with Crippen LogP contribution in [0.4, 0.5) is 17.3 Å². The van der Waals surface area contributed by atoms with Gasteiger partial charge in [-0.15, -0.1) is 0 Å². The van der Waals surface area contributed by atoms with Gasteiger partial charge in [-0.1, -0.05) is 41.4 Å². The lowest BCUT2D eigenvalue weighted by Gasteiger charge is -2.27. The van der Waals surface area contributed by atoms with Crippen molar-refractivity contribution < 1.29 is 9.47 Å². The lowest BCUT2D eigenvalue weighted by atomic mass is 9.94. The highest BCUT2D eigenvalue weighted by atomic mass is 35.5. The molecule has 1 unspecified atom stereocenters. The number of rotatable bonds is 5. The van der Waals surface area contributed by atoms with Gasteiger partial charge in [-0.3, -0.25) is 5.32 Å². The maximum absolute atomic E-state index is 9.56. The number of methoxy groups -OCH3 is 1. The molecular formula is C23H18Cl2N8O2. The standard InChI is InChI=1S/C23H18Cl2N8O2/c1-34-16-4-2-3-13(20(16)35-9-11-5-6-12(24)7-15(11)25)19-17-18(28)14(8-26)21(29)32-22(17)33-23(31-19)30-10-27/h2-7,19H,9H2,1H3,(H6,28,29,30,31,32,33). The van der Waals surface area contributed by atoms with Gasteiger partial charge in [0.15, 0.2) is 17.7 Å². The molecule has 1 aromatic heterocycles. The Hall–Kier alpha value is -4.38. The molecule has 0 saturated carbocycles. The summed E-state index contributed by atoms with van der Waals surface area (Å²) in [5, 5.41) is 25.0. The van der Waals surface area contributed by atoms with Gasteiger partial charge in [0.25, 0.3) is 0 Å². The average molecular weight is 509 g/mol. The van der Waals surface area contributed by atoms with Crippen LogP contribution in [0.15, 0.2) is 41.4 Å². The number of hydrogen-bond donors (Lipinski definition) is 4. The largest absolute Gasteiger partial charge is 0.493 e. The number of para-hydroxylation sites is 1. The summed E-state index contributed by atoms with van der Waals surface area (Å²) in [6.07, 6.45) is 1.82. The van der Waals surface area contributed by atoms with E-state index in [4.69, 9.17) is 49.4 Å². The van der Waals surface area contributed by atoms with Crippen molar-refractivity contribution in [2.45, 2.75) is 12.6 Å². The molecule has 2 heterocycles. The third kappa shape index (κ3) is 4.53. The van der Waals surface area contributed by atoms with Crippen molar-refractivity contribution in [1.29, 1.82) is 10.5 Å². The Balaban J connectivity index is 1.86. The number of aliphatic imine (C=N–C) groups is 1. The predicted molar refractivity (Wildman–Crippen MR) is 133 cm³/mol. The van der Waals surface area contributed by atoms with Crippen LogP contribution in [0.2, 0.25) is 10.0 Å². The van der Waals surface area contributed by atoms with E-state index >= 15 is 0 Å². The molecule has 4 rings (SSSR count). The fraction of sp³-hybridized carbons (Fsp3) is 0.130. The number of ether oxygens (including phenoxy) is 2. The molecule has 0 fully saturated rings. The van der Waals surface area contributed by atoms with Gasteiger partial charge in [0, 0.05) is 26.7 Å². The first-order valence-corrected chi connectivity index (χ1v) is 10.9. The van der Waals surface area contributed by atoms with E-state index in [0.717, 1.165) is 0 Å². The lowest BCUT2D eigenvalue weighted by Crippen LogP contribution is -2.33. The number of nitrogen functional groups attached to an aromatic ring is 2. The van der Waals surface area contributed by atoms with Crippen LogP contribution in [0.5, 0.6) is 11.5 Å². The number of hydrogen-bond acceptors (Lipinski definition) is 10. The van der Waals surface area contributed by atoms with E-state index in [1.807, 2.05) is 12.3 Å². The van der Waals surface area contributed by atoms with E-state index in [2.05, 4.69) is 20.6 Å². The van der Waals surface area contributed by atoms with Crippen LogP contribution in [0.25, 0.3) is 0 Å². The Kier molecular flexibility index (Phi) is 6.69.